The average Bonchev–Trinajstić information content (AvgIpc) is 3.01. The van der Waals surface area contributed by atoms with E-state index in [-0.39, 0.29) is 0 Å². The first-order chi connectivity index (χ1) is 7.13. The highest BCUT2D eigenvalue weighted by molar-refractivity contribution is 7.89. The van der Waals surface area contributed by atoms with Gasteiger partial charge in [0, 0.05) is 32.2 Å². The summed E-state index contributed by atoms with van der Waals surface area (Å²) in [5.41, 5.74) is 0. The van der Waals surface area contributed by atoms with Gasteiger partial charge in [0.25, 0.3) is 0 Å². The van der Waals surface area contributed by atoms with Gasteiger partial charge in [-0.05, 0) is 19.3 Å². The van der Waals surface area contributed by atoms with Crippen molar-refractivity contribution >= 4 is 10.0 Å². The van der Waals surface area contributed by atoms with Gasteiger partial charge in [-0.15, -0.1) is 0 Å². The molecule has 0 spiro atoms. The third-order valence-corrected chi connectivity index (χ3v) is 5.27. The number of hydrogen-bond acceptors (Lipinski definition) is 3. The van der Waals surface area contributed by atoms with Crippen LogP contribution in [0.5, 0.6) is 0 Å². The smallest absolute Gasteiger partial charge is 0.214 e. The molecule has 0 unspecified atom stereocenters. The minimum absolute atomic E-state index is 0.302. The lowest BCUT2D eigenvalue weighted by Crippen LogP contribution is -2.49. The molecule has 0 aromatic heterocycles. The molecule has 0 aromatic carbocycles. The highest BCUT2D eigenvalue weighted by Crippen LogP contribution is 2.27. The van der Waals surface area contributed by atoms with Crippen LogP contribution in [0.2, 0.25) is 0 Å². The van der Waals surface area contributed by atoms with Gasteiger partial charge in [0.2, 0.25) is 10.0 Å². The second kappa shape index (κ2) is 4.39. The fraction of sp³-hybridized carbons (Fsp3) is 1.00. The molecular formula is C10H20N2O2S. The van der Waals surface area contributed by atoms with Gasteiger partial charge in [0.15, 0.2) is 0 Å². The SMILES string of the molecule is CCCS(=O)(=O)N1CCN(C2CC2)CC1. The summed E-state index contributed by atoms with van der Waals surface area (Å²) in [6, 6.07) is 0.765. The first kappa shape index (κ1) is 11.4. The normalized spacial score (nSPS) is 25.7. The van der Waals surface area contributed by atoms with Crippen molar-refractivity contribution in [2.75, 3.05) is 31.9 Å². The Morgan fingerprint density at radius 3 is 2.20 bits per heavy atom. The Morgan fingerprint density at radius 1 is 1.13 bits per heavy atom. The molecule has 0 aromatic rings. The second-order valence-corrected chi connectivity index (χ2v) is 6.57. The van der Waals surface area contributed by atoms with E-state index in [4.69, 9.17) is 0 Å². The van der Waals surface area contributed by atoms with Crippen molar-refractivity contribution in [3.8, 4) is 0 Å². The maximum atomic E-state index is 11.8. The lowest BCUT2D eigenvalue weighted by Gasteiger charge is -2.33. The van der Waals surface area contributed by atoms with Crippen molar-refractivity contribution in [1.82, 2.24) is 9.21 Å². The lowest BCUT2D eigenvalue weighted by atomic mass is 10.3. The van der Waals surface area contributed by atoms with E-state index in [1.54, 1.807) is 4.31 Å². The van der Waals surface area contributed by atoms with E-state index in [1.165, 1.54) is 12.8 Å². The highest BCUT2D eigenvalue weighted by atomic mass is 32.2. The highest BCUT2D eigenvalue weighted by Gasteiger charge is 2.33. The van der Waals surface area contributed by atoms with Crippen LogP contribution in [0.15, 0.2) is 0 Å². The van der Waals surface area contributed by atoms with Crippen LogP contribution in [-0.2, 0) is 10.0 Å². The van der Waals surface area contributed by atoms with Gasteiger partial charge >= 0.3 is 0 Å². The van der Waals surface area contributed by atoms with Crippen LogP contribution in [0.3, 0.4) is 0 Å². The van der Waals surface area contributed by atoms with Crippen molar-refractivity contribution in [3.63, 3.8) is 0 Å². The van der Waals surface area contributed by atoms with Crippen LogP contribution in [0.25, 0.3) is 0 Å². The zero-order valence-electron chi connectivity index (χ0n) is 9.35. The number of piperazine rings is 1. The van der Waals surface area contributed by atoms with Crippen LogP contribution in [0.1, 0.15) is 26.2 Å². The van der Waals surface area contributed by atoms with Crippen molar-refractivity contribution in [2.45, 2.75) is 32.2 Å². The van der Waals surface area contributed by atoms with Gasteiger partial charge < -0.3 is 0 Å². The van der Waals surface area contributed by atoms with E-state index in [1.807, 2.05) is 6.92 Å². The molecule has 1 heterocycles. The fourth-order valence-electron chi connectivity index (χ4n) is 2.17. The Hall–Kier alpha value is -0.130. The van der Waals surface area contributed by atoms with Gasteiger partial charge in [-0.2, -0.15) is 4.31 Å². The van der Waals surface area contributed by atoms with Gasteiger partial charge in [-0.3, -0.25) is 4.90 Å². The van der Waals surface area contributed by atoms with E-state index in [0.717, 1.165) is 19.1 Å². The van der Waals surface area contributed by atoms with Gasteiger partial charge in [0.05, 0.1) is 5.75 Å². The molecule has 2 aliphatic rings. The summed E-state index contributed by atoms with van der Waals surface area (Å²) in [5, 5.41) is 0. The molecule has 1 saturated heterocycles. The summed E-state index contributed by atoms with van der Waals surface area (Å²) < 4.78 is 25.2. The van der Waals surface area contributed by atoms with Crippen molar-refractivity contribution in [2.24, 2.45) is 0 Å². The Labute approximate surface area is 92.3 Å². The summed E-state index contributed by atoms with van der Waals surface area (Å²) in [5.74, 6) is 0.302. The molecule has 88 valence electrons. The van der Waals surface area contributed by atoms with Gasteiger partial charge in [-0.25, -0.2) is 8.42 Å². The topological polar surface area (TPSA) is 40.6 Å². The monoisotopic (exact) mass is 232 g/mol. The Kier molecular flexibility index (Phi) is 3.33. The van der Waals surface area contributed by atoms with Gasteiger partial charge in [-0.1, -0.05) is 6.92 Å². The number of rotatable bonds is 4. The number of sulfonamides is 1. The molecule has 0 bridgehead atoms. The quantitative estimate of drug-likeness (QED) is 0.709. The third-order valence-electron chi connectivity index (χ3n) is 3.19. The Morgan fingerprint density at radius 2 is 1.73 bits per heavy atom. The zero-order chi connectivity index (χ0) is 10.9. The van der Waals surface area contributed by atoms with Gasteiger partial charge in [0.1, 0.15) is 0 Å². The van der Waals surface area contributed by atoms with Crippen molar-refractivity contribution in [3.05, 3.63) is 0 Å². The summed E-state index contributed by atoms with van der Waals surface area (Å²) in [6.07, 6.45) is 3.33. The first-order valence-corrected chi connectivity index (χ1v) is 7.46. The first-order valence-electron chi connectivity index (χ1n) is 5.85. The predicted octanol–water partition coefficient (Wildman–Crippen LogP) is 0.506. The van der Waals surface area contributed by atoms with E-state index in [0.29, 0.717) is 25.3 Å². The molecule has 2 rings (SSSR count). The summed E-state index contributed by atoms with van der Waals surface area (Å²) in [4.78, 5) is 2.43. The van der Waals surface area contributed by atoms with Crippen LogP contribution in [0, 0.1) is 0 Å². The Balaban J connectivity index is 1.86. The minimum atomic E-state index is -2.96. The molecule has 5 heteroatoms. The largest absolute Gasteiger partial charge is 0.298 e. The zero-order valence-corrected chi connectivity index (χ0v) is 10.2. The summed E-state index contributed by atoms with van der Waals surface area (Å²) in [7, 11) is -2.96. The van der Waals surface area contributed by atoms with Crippen molar-refractivity contribution in [1.29, 1.82) is 0 Å². The predicted molar refractivity (Wildman–Crippen MR) is 60.2 cm³/mol. The number of hydrogen-bond donors (Lipinski definition) is 0. The van der Waals surface area contributed by atoms with E-state index < -0.39 is 10.0 Å². The molecule has 0 N–H and O–H groups in total. The maximum Gasteiger partial charge on any atom is 0.214 e. The molecule has 2 fully saturated rings. The minimum Gasteiger partial charge on any atom is -0.298 e. The molecule has 0 radical (unpaired) electrons. The van der Waals surface area contributed by atoms with E-state index >= 15 is 0 Å². The maximum absolute atomic E-state index is 11.8. The molecule has 0 atom stereocenters. The standard InChI is InChI=1S/C10H20N2O2S/c1-2-9-15(13,14)12-7-5-11(6-8-12)10-3-4-10/h10H,2-9H2,1H3. The average molecular weight is 232 g/mol. The molecule has 4 nitrogen and oxygen atoms in total. The molecular weight excluding hydrogens is 212 g/mol. The van der Waals surface area contributed by atoms with Crippen LogP contribution in [0.4, 0.5) is 0 Å². The molecule has 1 aliphatic carbocycles. The third kappa shape index (κ3) is 2.71. The van der Waals surface area contributed by atoms with E-state index in [2.05, 4.69) is 4.90 Å². The molecule has 0 amide bonds. The van der Waals surface area contributed by atoms with Crippen LogP contribution >= 0.6 is 0 Å². The van der Waals surface area contributed by atoms with Crippen LogP contribution in [-0.4, -0.2) is 55.6 Å². The molecule has 1 aliphatic heterocycles. The second-order valence-electron chi connectivity index (χ2n) is 4.48. The Bertz CT molecular complexity index is 303. The molecule has 15 heavy (non-hydrogen) atoms. The van der Waals surface area contributed by atoms with Crippen LogP contribution < -0.4 is 0 Å². The fourth-order valence-corrected chi connectivity index (χ4v) is 3.67. The van der Waals surface area contributed by atoms with E-state index in [9.17, 15) is 8.42 Å². The summed E-state index contributed by atoms with van der Waals surface area (Å²) >= 11 is 0. The number of nitrogens with zero attached hydrogens (tertiary/aromatic N) is 2. The lowest BCUT2D eigenvalue weighted by molar-refractivity contribution is 0.180. The van der Waals surface area contributed by atoms with Crippen molar-refractivity contribution < 1.29 is 8.42 Å². The summed E-state index contributed by atoms with van der Waals surface area (Å²) in [6.45, 7) is 5.15. The molecule has 1 saturated carbocycles.